The summed E-state index contributed by atoms with van der Waals surface area (Å²) in [6.07, 6.45) is 12.8. The van der Waals surface area contributed by atoms with Gasteiger partial charge in [-0.1, -0.05) is 0 Å². The van der Waals surface area contributed by atoms with Gasteiger partial charge in [0.1, 0.15) is 5.60 Å². The highest BCUT2D eigenvalue weighted by atomic mass is 16.3. The molecule has 5 fully saturated rings. The highest BCUT2D eigenvalue weighted by molar-refractivity contribution is 5.88. The average molecular weight is 432 g/mol. The van der Waals surface area contributed by atoms with Gasteiger partial charge in [-0.2, -0.15) is 0 Å². The zero-order valence-electron chi connectivity index (χ0n) is 19.1. The zero-order valence-corrected chi connectivity index (χ0v) is 19.1. The van der Waals surface area contributed by atoms with Gasteiger partial charge >= 0.3 is 0 Å². The number of piperazine rings is 1. The average Bonchev–Trinajstić information content (AvgIpc) is 3.34. The molecule has 0 aromatic carbocycles. The minimum atomic E-state index is -1.09. The van der Waals surface area contributed by atoms with Gasteiger partial charge in [0.2, 0.25) is 5.91 Å². The van der Waals surface area contributed by atoms with Crippen LogP contribution in [0.2, 0.25) is 0 Å². The molecule has 2 N–H and O–H groups in total. The third-order valence-corrected chi connectivity index (χ3v) is 9.37. The van der Waals surface area contributed by atoms with Gasteiger partial charge in [-0.3, -0.25) is 9.59 Å². The Kier molecular flexibility index (Phi) is 6.31. The van der Waals surface area contributed by atoms with Crippen LogP contribution >= 0.6 is 0 Å². The highest BCUT2D eigenvalue weighted by Crippen LogP contribution is 2.44. The molecule has 0 aromatic rings. The first-order chi connectivity index (χ1) is 15.0. The van der Waals surface area contributed by atoms with Crippen molar-refractivity contribution < 1.29 is 14.7 Å². The number of nitrogens with zero attached hydrogens (tertiary/aromatic N) is 2. The zero-order chi connectivity index (χ0) is 21.4. The Morgan fingerprint density at radius 1 is 0.710 bits per heavy atom. The second kappa shape index (κ2) is 9.01. The molecule has 0 bridgehead atoms. The molecule has 1 atom stereocenters. The van der Waals surface area contributed by atoms with E-state index in [2.05, 4.69) is 5.32 Å². The number of amides is 2. The molecule has 3 aliphatic carbocycles. The van der Waals surface area contributed by atoms with Crippen LogP contribution < -0.4 is 5.32 Å². The first-order valence-corrected chi connectivity index (χ1v) is 13.0. The van der Waals surface area contributed by atoms with Crippen LogP contribution in [-0.2, 0) is 9.59 Å². The Balaban J connectivity index is 1.03. The smallest absolute Gasteiger partial charge is 0.254 e. The summed E-state index contributed by atoms with van der Waals surface area (Å²) >= 11 is 0. The summed E-state index contributed by atoms with van der Waals surface area (Å²) in [4.78, 5) is 29.1. The van der Waals surface area contributed by atoms with Crippen LogP contribution in [0, 0.1) is 29.6 Å². The van der Waals surface area contributed by atoms with Crippen molar-refractivity contribution in [2.75, 3.05) is 39.3 Å². The Hall–Kier alpha value is -1.14. The quantitative estimate of drug-likeness (QED) is 0.717. The number of nitrogens with one attached hydrogen (secondary N) is 1. The van der Waals surface area contributed by atoms with Crippen LogP contribution in [0.5, 0.6) is 0 Å². The van der Waals surface area contributed by atoms with Crippen molar-refractivity contribution in [1.82, 2.24) is 15.1 Å². The van der Waals surface area contributed by atoms with Crippen LogP contribution in [-0.4, -0.2) is 71.6 Å². The lowest BCUT2D eigenvalue weighted by Gasteiger charge is -2.41. The van der Waals surface area contributed by atoms with E-state index in [0.29, 0.717) is 44.9 Å². The number of hydrogen-bond donors (Lipinski definition) is 2. The van der Waals surface area contributed by atoms with Gasteiger partial charge in [0.15, 0.2) is 0 Å². The fourth-order valence-electron chi connectivity index (χ4n) is 7.02. The molecule has 0 aromatic heterocycles. The topological polar surface area (TPSA) is 72.9 Å². The summed E-state index contributed by atoms with van der Waals surface area (Å²) in [6, 6.07) is 0. The third-order valence-electron chi connectivity index (χ3n) is 9.37. The normalized spacial score (nSPS) is 38.2. The van der Waals surface area contributed by atoms with Gasteiger partial charge in [-0.15, -0.1) is 0 Å². The van der Waals surface area contributed by atoms with Crippen molar-refractivity contribution in [3.63, 3.8) is 0 Å². The maximum Gasteiger partial charge on any atom is 0.254 e. The van der Waals surface area contributed by atoms with E-state index in [-0.39, 0.29) is 11.8 Å². The van der Waals surface area contributed by atoms with Crippen molar-refractivity contribution in [3.8, 4) is 0 Å². The van der Waals surface area contributed by atoms with Crippen molar-refractivity contribution in [2.24, 2.45) is 29.6 Å². The monoisotopic (exact) mass is 431 g/mol. The molecule has 0 spiro atoms. The summed E-state index contributed by atoms with van der Waals surface area (Å²) in [5, 5.41) is 13.6. The van der Waals surface area contributed by atoms with Crippen LogP contribution in [0.15, 0.2) is 0 Å². The molecule has 2 heterocycles. The molecule has 5 rings (SSSR count). The molecule has 3 saturated carbocycles. The maximum atomic E-state index is 13.1. The molecule has 0 radical (unpaired) electrons. The van der Waals surface area contributed by atoms with Crippen molar-refractivity contribution in [1.29, 1.82) is 0 Å². The maximum absolute atomic E-state index is 13.1. The van der Waals surface area contributed by atoms with Gasteiger partial charge in [0, 0.05) is 32.1 Å². The molecule has 2 aliphatic heterocycles. The molecular formula is C25H41N3O3. The van der Waals surface area contributed by atoms with Crippen LogP contribution in [0.25, 0.3) is 0 Å². The van der Waals surface area contributed by atoms with E-state index in [4.69, 9.17) is 0 Å². The Bertz CT molecular complexity index is 649. The minimum absolute atomic E-state index is 0.126. The lowest BCUT2D eigenvalue weighted by atomic mass is 9.67. The first kappa shape index (κ1) is 21.7. The van der Waals surface area contributed by atoms with E-state index in [1.165, 1.54) is 58.0 Å². The number of hydrogen-bond acceptors (Lipinski definition) is 4. The van der Waals surface area contributed by atoms with E-state index >= 15 is 0 Å². The lowest BCUT2D eigenvalue weighted by molar-refractivity contribution is -0.148. The predicted octanol–water partition coefficient (Wildman–Crippen LogP) is 2.40. The fourth-order valence-corrected chi connectivity index (χ4v) is 7.02. The molecule has 1 unspecified atom stereocenters. The first-order valence-electron chi connectivity index (χ1n) is 13.0. The molecule has 6 heteroatoms. The Morgan fingerprint density at radius 2 is 1.23 bits per heavy atom. The standard InChI is InChI=1S/C25H41N3O3/c29-23(27-13-15-28(16-14-27)24(30)25(31)10-11-25)21-7-5-19(6-8-21)18-1-3-20(4-2-18)22-9-12-26-17-22/h18-22,26,31H,1-17H2. The van der Waals surface area contributed by atoms with Gasteiger partial charge in [0.25, 0.3) is 5.91 Å². The van der Waals surface area contributed by atoms with E-state index in [1.807, 2.05) is 4.90 Å². The second-order valence-electron chi connectivity index (χ2n) is 11.2. The number of aliphatic hydroxyl groups is 1. The summed E-state index contributed by atoms with van der Waals surface area (Å²) in [5.41, 5.74) is -1.09. The van der Waals surface area contributed by atoms with E-state index < -0.39 is 5.60 Å². The molecule has 2 saturated heterocycles. The Morgan fingerprint density at radius 3 is 1.74 bits per heavy atom. The van der Waals surface area contributed by atoms with E-state index in [0.717, 1.165) is 36.5 Å². The van der Waals surface area contributed by atoms with Crippen molar-refractivity contribution in [2.45, 2.75) is 76.2 Å². The van der Waals surface area contributed by atoms with Crippen LogP contribution in [0.4, 0.5) is 0 Å². The minimum Gasteiger partial charge on any atom is -0.380 e. The number of carbonyl (C=O) groups is 2. The summed E-state index contributed by atoms with van der Waals surface area (Å²) < 4.78 is 0. The summed E-state index contributed by atoms with van der Waals surface area (Å²) in [7, 11) is 0. The fraction of sp³-hybridized carbons (Fsp3) is 0.920. The molecule has 2 amide bonds. The predicted molar refractivity (Wildman–Crippen MR) is 119 cm³/mol. The number of carbonyl (C=O) groups excluding carboxylic acids is 2. The van der Waals surface area contributed by atoms with Gasteiger partial charge in [-0.25, -0.2) is 0 Å². The lowest BCUT2D eigenvalue weighted by Crippen LogP contribution is -2.54. The van der Waals surface area contributed by atoms with Gasteiger partial charge in [-0.05, 0) is 107 Å². The molecule has 174 valence electrons. The molecule has 6 nitrogen and oxygen atoms in total. The second-order valence-corrected chi connectivity index (χ2v) is 11.2. The van der Waals surface area contributed by atoms with E-state index in [1.54, 1.807) is 4.90 Å². The Labute approximate surface area is 187 Å². The summed E-state index contributed by atoms with van der Waals surface area (Å²) in [5.74, 6) is 3.98. The highest BCUT2D eigenvalue weighted by Gasteiger charge is 2.50. The number of rotatable bonds is 4. The molecule has 31 heavy (non-hydrogen) atoms. The summed E-state index contributed by atoms with van der Waals surface area (Å²) in [6.45, 7) is 4.85. The van der Waals surface area contributed by atoms with Crippen molar-refractivity contribution in [3.05, 3.63) is 0 Å². The molecule has 5 aliphatic rings. The van der Waals surface area contributed by atoms with Crippen LogP contribution in [0.1, 0.15) is 70.6 Å². The van der Waals surface area contributed by atoms with E-state index in [9.17, 15) is 14.7 Å². The molecular weight excluding hydrogens is 390 g/mol. The van der Waals surface area contributed by atoms with Crippen molar-refractivity contribution >= 4 is 11.8 Å². The van der Waals surface area contributed by atoms with Gasteiger partial charge in [0.05, 0.1) is 0 Å². The largest absolute Gasteiger partial charge is 0.380 e. The van der Waals surface area contributed by atoms with Gasteiger partial charge < -0.3 is 20.2 Å². The SMILES string of the molecule is O=C(C1CCC(C2CCC(C3CCNC3)CC2)CC1)N1CCN(C(=O)C2(O)CC2)CC1. The third kappa shape index (κ3) is 4.66. The van der Waals surface area contributed by atoms with Crippen LogP contribution in [0.3, 0.4) is 0 Å².